The second-order valence-corrected chi connectivity index (χ2v) is 8.76. The maximum Gasteiger partial charge on any atom is 0.268 e. The summed E-state index contributed by atoms with van der Waals surface area (Å²) >= 11 is 0. The quantitative estimate of drug-likeness (QED) is 0.486. The summed E-state index contributed by atoms with van der Waals surface area (Å²) in [6, 6.07) is 26.5. The molecule has 4 nitrogen and oxygen atoms in total. The number of hydrogen-bond donors (Lipinski definition) is 0. The van der Waals surface area contributed by atoms with E-state index in [2.05, 4.69) is 17.0 Å². The predicted molar refractivity (Wildman–Crippen MR) is 113 cm³/mol. The molecule has 142 valence electrons. The van der Waals surface area contributed by atoms with Crippen LogP contribution in [-0.2, 0) is 23.1 Å². The third-order valence-electron chi connectivity index (χ3n) is 4.80. The Kier molecular flexibility index (Phi) is 5.03. The van der Waals surface area contributed by atoms with Gasteiger partial charge in [0.15, 0.2) is 0 Å². The van der Waals surface area contributed by atoms with Crippen molar-refractivity contribution in [2.45, 2.75) is 18.0 Å². The van der Waals surface area contributed by atoms with E-state index in [0.717, 1.165) is 17.5 Å². The molecule has 1 heterocycles. The number of aromatic nitrogens is 1. The monoisotopic (exact) mass is 390 g/mol. The van der Waals surface area contributed by atoms with Gasteiger partial charge in [0.05, 0.1) is 10.4 Å². The molecule has 5 heteroatoms. The molecule has 0 amide bonds. The number of benzene rings is 3. The number of nitrogens with zero attached hydrogens (tertiary/aromatic N) is 2. The molecular formula is C23H22N2O2S. The Bertz CT molecular complexity index is 1180. The highest BCUT2D eigenvalue weighted by Crippen LogP contribution is 2.27. The Balaban J connectivity index is 1.71. The normalized spacial score (nSPS) is 11.9. The molecule has 0 fully saturated rings. The summed E-state index contributed by atoms with van der Waals surface area (Å²) in [6.07, 6.45) is 1.76. The molecule has 0 aliphatic rings. The highest BCUT2D eigenvalue weighted by atomic mass is 32.2. The van der Waals surface area contributed by atoms with Gasteiger partial charge in [0.2, 0.25) is 0 Å². The molecule has 0 saturated carbocycles. The minimum Gasteiger partial charge on any atom is -0.298 e. The topological polar surface area (TPSA) is 42.3 Å². The summed E-state index contributed by atoms with van der Waals surface area (Å²) in [5, 5.41) is 0.960. The molecule has 0 spiro atoms. The Labute approximate surface area is 165 Å². The molecule has 0 unspecified atom stereocenters. The summed E-state index contributed by atoms with van der Waals surface area (Å²) < 4.78 is 27.8. The van der Waals surface area contributed by atoms with Crippen LogP contribution in [0, 0.1) is 0 Å². The van der Waals surface area contributed by atoms with Crippen LogP contribution < -0.4 is 0 Å². The third kappa shape index (κ3) is 3.59. The lowest BCUT2D eigenvalue weighted by Crippen LogP contribution is -2.17. The SMILES string of the molecule is CN(Cc1ccccc1)Cc1cn(S(=O)(=O)c2ccccc2)c2ccccc12. The standard InChI is InChI=1S/C23H22N2O2S/c1-24(16-19-10-4-2-5-11-19)17-20-18-25(23-15-9-8-14-22(20)23)28(26,27)21-12-6-3-7-13-21/h2-15,18H,16-17H2,1H3. The van der Waals surface area contributed by atoms with E-state index in [1.807, 2.05) is 55.6 Å². The molecule has 1 aromatic heterocycles. The molecule has 0 bridgehead atoms. The van der Waals surface area contributed by atoms with Gasteiger partial charge in [0.25, 0.3) is 10.0 Å². The van der Waals surface area contributed by atoms with Crippen molar-refractivity contribution in [1.82, 2.24) is 8.87 Å². The zero-order valence-electron chi connectivity index (χ0n) is 15.7. The number of fused-ring (bicyclic) bond motifs is 1. The lowest BCUT2D eigenvalue weighted by atomic mass is 10.1. The van der Waals surface area contributed by atoms with Gasteiger partial charge in [-0.3, -0.25) is 4.90 Å². The molecule has 28 heavy (non-hydrogen) atoms. The van der Waals surface area contributed by atoms with Gasteiger partial charge >= 0.3 is 0 Å². The molecule has 0 saturated heterocycles. The van der Waals surface area contributed by atoms with E-state index < -0.39 is 10.0 Å². The first-order chi connectivity index (χ1) is 13.6. The van der Waals surface area contributed by atoms with E-state index in [4.69, 9.17) is 0 Å². The van der Waals surface area contributed by atoms with Crippen LogP contribution in [0.5, 0.6) is 0 Å². The van der Waals surface area contributed by atoms with Crippen LogP contribution in [0.15, 0.2) is 96.0 Å². The Morgan fingerprint density at radius 1 is 0.786 bits per heavy atom. The van der Waals surface area contributed by atoms with E-state index in [9.17, 15) is 8.42 Å². The van der Waals surface area contributed by atoms with Gasteiger partial charge in [0, 0.05) is 24.7 Å². The summed E-state index contributed by atoms with van der Waals surface area (Å²) in [6.45, 7) is 1.46. The van der Waals surface area contributed by atoms with Crippen molar-refractivity contribution in [3.05, 3.63) is 102 Å². The van der Waals surface area contributed by atoms with Crippen LogP contribution in [0.2, 0.25) is 0 Å². The number of hydrogen-bond acceptors (Lipinski definition) is 3. The van der Waals surface area contributed by atoms with Crippen molar-refractivity contribution >= 4 is 20.9 Å². The van der Waals surface area contributed by atoms with E-state index in [1.165, 1.54) is 9.54 Å². The van der Waals surface area contributed by atoms with Crippen molar-refractivity contribution in [1.29, 1.82) is 0 Å². The first-order valence-corrected chi connectivity index (χ1v) is 10.6. The lowest BCUT2D eigenvalue weighted by Gasteiger charge is -2.16. The van der Waals surface area contributed by atoms with Gasteiger partial charge in [-0.15, -0.1) is 0 Å². The Hall–Kier alpha value is -2.89. The first-order valence-electron chi connectivity index (χ1n) is 9.18. The average molecular weight is 391 g/mol. The van der Waals surface area contributed by atoms with E-state index in [0.29, 0.717) is 17.0 Å². The Morgan fingerprint density at radius 2 is 1.39 bits per heavy atom. The van der Waals surface area contributed by atoms with Crippen LogP contribution in [0.1, 0.15) is 11.1 Å². The van der Waals surface area contributed by atoms with Crippen molar-refractivity contribution in [2.75, 3.05) is 7.05 Å². The summed E-state index contributed by atoms with van der Waals surface area (Å²) in [7, 11) is -1.59. The highest BCUT2D eigenvalue weighted by Gasteiger charge is 2.21. The minimum absolute atomic E-state index is 0.292. The van der Waals surface area contributed by atoms with Gasteiger partial charge in [-0.25, -0.2) is 12.4 Å². The van der Waals surface area contributed by atoms with Crippen LogP contribution in [0.3, 0.4) is 0 Å². The largest absolute Gasteiger partial charge is 0.298 e. The summed E-state index contributed by atoms with van der Waals surface area (Å²) in [5.41, 5.74) is 2.92. The van der Waals surface area contributed by atoms with Gasteiger partial charge in [-0.1, -0.05) is 66.7 Å². The third-order valence-corrected chi connectivity index (χ3v) is 6.48. The molecule has 0 radical (unpaired) electrons. The maximum atomic E-state index is 13.2. The fraction of sp³-hybridized carbons (Fsp3) is 0.130. The van der Waals surface area contributed by atoms with Crippen LogP contribution in [-0.4, -0.2) is 24.3 Å². The zero-order valence-corrected chi connectivity index (χ0v) is 16.5. The van der Waals surface area contributed by atoms with Crippen molar-refractivity contribution in [3.63, 3.8) is 0 Å². The fourth-order valence-electron chi connectivity index (χ4n) is 3.49. The maximum absolute atomic E-state index is 13.2. The average Bonchev–Trinajstić information content (AvgIpc) is 3.09. The fourth-order valence-corrected chi connectivity index (χ4v) is 4.90. The van der Waals surface area contributed by atoms with Crippen LogP contribution in [0.4, 0.5) is 0 Å². The molecule has 3 aromatic carbocycles. The predicted octanol–water partition coefficient (Wildman–Crippen LogP) is 4.51. The summed E-state index contributed by atoms with van der Waals surface area (Å²) in [5.74, 6) is 0. The van der Waals surface area contributed by atoms with Gasteiger partial charge in [-0.2, -0.15) is 0 Å². The van der Waals surface area contributed by atoms with E-state index in [-0.39, 0.29) is 0 Å². The zero-order chi connectivity index (χ0) is 19.6. The van der Waals surface area contributed by atoms with Gasteiger partial charge in [0.1, 0.15) is 0 Å². The van der Waals surface area contributed by atoms with Crippen molar-refractivity contribution in [3.8, 4) is 0 Å². The minimum atomic E-state index is -3.64. The molecule has 0 N–H and O–H groups in total. The smallest absolute Gasteiger partial charge is 0.268 e. The molecule has 4 rings (SSSR count). The molecular weight excluding hydrogens is 368 g/mol. The molecule has 0 aliphatic carbocycles. The molecule has 4 aromatic rings. The van der Waals surface area contributed by atoms with Crippen molar-refractivity contribution < 1.29 is 8.42 Å². The second kappa shape index (κ2) is 7.62. The first kappa shape index (κ1) is 18.5. The highest BCUT2D eigenvalue weighted by molar-refractivity contribution is 7.90. The van der Waals surface area contributed by atoms with Crippen LogP contribution >= 0.6 is 0 Å². The lowest BCUT2D eigenvalue weighted by molar-refractivity contribution is 0.320. The molecule has 0 atom stereocenters. The number of rotatable bonds is 6. The van der Waals surface area contributed by atoms with E-state index >= 15 is 0 Å². The van der Waals surface area contributed by atoms with E-state index in [1.54, 1.807) is 30.5 Å². The van der Waals surface area contributed by atoms with Crippen molar-refractivity contribution in [2.24, 2.45) is 0 Å². The molecule has 0 aliphatic heterocycles. The summed E-state index contributed by atoms with van der Waals surface area (Å²) in [4.78, 5) is 2.48. The van der Waals surface area contributed by atoms with Crippen LogP contribution in [0.25, 0.3) is 10.9 Å². The van der Waals surface area contributed by atoms with Gasteiger partial charge in [-0.05, 0) is 36.4 Å². The van der Waals surface area contributed by atoms with Gasteiger partial charge < -0.3 is 0 Å². The second-order valence-electron chi connectivity index (χ2n) is 6.94. The Morgan fingerprint density at radius 3 is 2.11 bits per heavy atom. The number of para-hydroxylation sites is 1.